The summed E-state index contributed by atoms with van der Waals surface area (Å²) in [4.78, 5) is 0. The van der Waals surface area contributed by atoms with Gasteiger partial charge in [0, 0.05) is 10.8 Å². The molecule has 118 valence electrons. The molecule has 23 heavy (non-hydrogen) atoms. The van der Waals surface area contributed by atoms with Gasteiger partial charge in [0.15, 0.2) is 0 Å². The van der Waals surface area contributed by atoms with Crippen molar-refractivity contribution in [3.8, 4) is 5.69 Å². The van der Waals surface area contributed by atoms with E-state index in [9.17, 15) is 8.42 Å². The summed E-state index contributed by atoms with van der Waals surface area (Å²) in [5, 5.41) is 13.0. The number of hydrogen-bond donors (Lipinski definition) is 1. The number of nitrogens with zero attached hydrogens (tertiary/aromatic N) is 3. The maximum Gasteiger partial charge on any atom is 0.234 e. The molecule has 0 bridgehead atoms. The van der Waals surface area contributed by atoms with Gasteiger partial charge in [0.1, 0.15) is 0 Å². The second-order valence-corrected chi connectivity index (χ2v) is 7.15. The van der Waals surface area contributed by atoms with Gasteiger partial charge in [-0.05, 0) is 23.1 Å². The van der Waals surface area contributed by atoms with Crippen molar-refractivity contribution in [2.24, 2.45) is 0 Å². The van der Waals surface area contributed by atoms with Crippen molar-refractivity contribution in [1.82, 2.24) is 19.7 Å². The van der Waals surface area contributed by atoms with Gasteiger partial charge in [0.2, 0.25) is 10.0 Å². The number of sulfonamides is 1. The Morgan fingerprint density at radius 2 is 2.04 bits per heavy atom. The molecule has 0 aliphatic carbocycles. The van der Waals surface area contributed by atoms with E-state index in [1.165, 1.54) is 0 Å². The molecule has 0 fully saturated rings. The minimum atomic E-state index is -3.53. The number of nitrogens with one attached hydrogen (secondary N) is 1. The van der Waals surface area contributed by atoms with E-state index in [1.807, 2.05) is 47.2 Å². The molecule has 0 spiro atoms. The van der Waals surface area contributed by atoms with Crippen molar-refractivity contribution in [3.63, 3.8) is 0 Å². The van der Waals surface area contributed by atoms with Crippen LogP contribution in [-0.2, 0) is 16.6 Å². The zero-order valence-corrected chi connectivity index (χ0v) is 13.7. The first-order valence-electron chi connectivity index (χ1n) is 6.79. The number of thiophene rings is 1. The minimum absolute atomic E-state index is 0.0889. The summed E-state index contributed by atoms with van der Waals surface area (Å²) in [6, 6.07) is 11.2. The average molecular weight is 346 g/mol. The maximum absolute atomic E-state index is 12.0. The Morgan fingerprint density at radius 1 is 1.22 bits per heavy atom. The van der Waals surface area contributed by atoms with Gasteiger partial charge >= 0.3 is 0 Å². The Balaban J connectivity index is 1.62. The number of rotatable bonds is 6. The summed E-state index contributed by atoms with van der Waals surface area (Å²) in [7, 11) is -3.53. The zero-order chi connectivity index (χ0) is 16.1. The molecular weight excluding hydrogens is 332 g/mol. The molecule has 2 aromatic heterocycles. The Morgan fingerprint density at radius 3 is 2.78 bits per heavy atom. The first kappa shape index (κ1) is 15.6. The van der Waals surface area contributed by atoms with Gasteiger partial charge in [-0.2, -0.15) is 11.3 Å². The highest BCUT2D eigenvalue weighted by Crippen LogP contribution is 2.11. The SMILES string of the molecule is O=S(=O)(C=Cc1ccccc1)NCc1cn(-c2ccsc2)nn1. The Labute approximate surface area is 138 Å². The molecule has 0 saturated carbocycles. The fraction of sp³-hybridized carbons (Fsp3) is 0.0667. The van der Waals surface area contributed by atoms with E-state index in [1.54, 1.807) is 28.3 Å². The van der Waals surface area contributed by atoms with Gasteiger partial charge in [-0.25, -0.2) is 17.8 Å². The average Bonchev–Trinajstić information content (AvgIpc) is 3.23. The predicted octanol–water partition coefficient (Wildman–Crippen LogP) is 2.42. The van der Waals surface area contributed by atoms with Crippen LogP contribution in [0.25, 0.3) is 11.8 Å². The van der Waals surface area contributed by atoms with Crippen LogP contribution in [0.4, 0.5) is 0 Å². The number of benzene rings is 1. The van der Waals surface area contributed by atoms with Gasteiger partial charge < -0.3 is 0 Å². The monoisotopic (exact) mass is 346 g/mol. The first-order chi connectivity index (χ1) is 11.1. The van der Waals surface area contributed by atoms with Gasteiger partial charge in [0.05, 0.1) is 24.1 Å². The lowest BCUT2D eigenvalue weighted by molar-refractivity contribution is 0.590. The van der Waals surface area contributed by atoms with Crippen molar-refractivity contribution in [2.45, 2.75) is 6.54 Å². The van der Waals surface area contributed by atoms with E-state index >= 15 is 0 Å². The third-order valence-electron chi connectivity index (χ3n) is 3.01. The molecule has 3 rings (SSSR count). The number of hydrogen-bond acceptors (Lipinski definition) is 5. The van der Waals surface area contributed by atoms with Crippen molar-refractivity contribution < 1.29 is 8.42 Å². The standard InChI is InChI=1S/C15H14N4O2S2/c20-23(21,9-7-13-4-2-1-3-5-13)16-10-14-11-19(18-17-14)15-6-8-22-12-15/h1-9,11-12,16H,10H2. The van der Waals surface area contributed by atoms with Crippen LogP contribution in [0, 0.1) is 0 Å². The predicted molar refractivity (Wildman–Crippen MR) is 90.5 cm³/mol. The van der Waals surface area contributed by atoms with E-state index in [2.05, 4.69) is 15.0 Å². The summed E-state index contributed by atoms with van der Waals surface area (Å²) in [5.74, 6) is 0. The quantitative estimate of drug-likeness (QED) is 0.744. The van der Waals surface area contributed by atoms with Crippen LogP contribution < -0.4 is 4.72 Å². The van der Waals surface area contributed by atoms with E-state index < -0.39 is 10.0 Å². The van der Waals surface area contributed by atoms with Gasteiger partial charge in [-0.3, -0.25) is 0 Å². The highest BCUT2D eigenvalue weighted by molar-refractivity contribution is 7.92. The molecule has 1 N–H and O–H groups in total. The smallest absolute Gasteiger partial charge is 0.220 e. The Kier molecular flexibility index (Phi) is 4.65. The van der Waals surface area contributed by atoms with Gasteiger partial charge in [-0.15, -0.1) is 5.10 Å². The molecule has 0 saturated heterocycles. The topological polar surface area (TPSA) is 76.9 Å². The molecule has 0 amide bonds. The Bertz CT molecular complexity index is 885. The number of aromatic nitrogens is 3. The van der Waals surface area contributed by atoms with Crippen molar-refractivity contribution >= 4 is 27.4 Å². The van der Waals surface area contributed by atoms with Crippen LogP contribution in [-0.4, -0.2) is 23.4 Å². The highest BCUT2D eigenvalue weighted by atomic mass is 32.2. The van der Waals surface area contributed by atoms with Crippen LogP contribution in [0.3, 0.4) is 0 Å². The highest BCUT2D eigenvalue weighted by Gasteiger charge is 2.08. The lowest BCUT2D eigenvalue weighted by atomic mass is 10.2. The van der Waals surface area contributed by atoms with Crippen LogP contribution in [0.2, 0.25) is 0 Å². The van der Waals surface area contributed by atoms with Crippen molar-refractivity contribution in [2.75, 3.05) is 0 Å². The molecule has 0 unspecified atom stereocenters. The lowest BCUT2D eigenvalue weighted by Crippen LogP contribution is -2.20. The fourth-order valence-corrected chi connectivity index (χ4v) is 3.25. The molecule has 0 aliphatic heterocycles. The molecule has 8 heteroatoms. The van der Waals surface area contributed by atoms with E-state index in [0.717, 1.165) is 16.7 Å². The van der Waals surface area contributed by atoms with Crippen LogP contribution in [0.15, 0.2) is 58.8 Å². The molecule has 1 aromatic carbocycles. The third-order valence-corrected chi connectivity index (χ3v) is 4.72. The fourth-order valence-electron chi connectivity index (χ4n) is 1.85. The first-order valence-corrected chi connectivity index (χ1v) is 9.28. The molecule has 3 aromatic rings. The molecule has 0 radical (unpaired) electrons. The van der Waals surface area contributed by atoms with Crippen molar-refractivity contribution in [1.29, 1.82) is 0 Å². The molecule has 2 heterocycles. The second kappa shape index (κ2) is 6.86. The van der Waals surface area contributed by atoms with Gasteiger partial charge in [0.25, 0.3) is 0 Å². The molecular formula is C15H14N4O2S2. The second-order valence-electron chi connectivity index (χ2n) is 4.72. The van der Waals surface area contributed by atoms with Crippen LogP contribution in [0.5, 0.6) is 0 Å². The normalized spacial score (nSPS) is 12.0. The van der Waals surface area contributed by atoms with Crippen LogP contribution >= 0.6 is 11.3 Å². The summed E-state index contributed by atoms with van der Waals surface area (Å²) in [6.07, 6.45) is 3.25. The van der Waals surface area contributed by atoms with Crippen LogP contribution in [0.1, 0.15) is 11.3 Å². The molecule has 0 aliphatic rings. The molecule has 6 nitrogen and oxygen atoms in total. The molecule has 0 atom stereocenters. The minimum Gasteiger partial charge on any atom is -0.220 e. The Hall–Kier alpha value is -2.29. The van der Waals surface area contributed by atoms with E-state index in [4.69, 9.17) is 0 Å². The van der Waals surface area contributed by atoms with E-state index in [0.29, 0.717) is 5.69 Å². The van der Waals surface area contributed by atoms with E-state index in [-0.39, 0.29) is 6.54 Å². The maximum atomic E-state index is 12.0. The summed E-state index contributed by atoms with van der Waals surface area (Å²) in [6.45, 7) is 0.0889. The summed E-state index contributed by atoms with van der Waals surface area (Å²) >= 11 is 1.56. The van der Waals surface area contributed by atoms with Gasteiger partial charge in [-0.1, -0.05) is 35.5 Å². The third kappa shape index (κ3) is 4.35. The van der Waals surface area contributed by atoms with Crippen molar-refractivity contribution in [3.05, 3.63) is 70.0 Å². The summed E-state index contributed by atoms with van der Waals surface area (Å²) < 4.78 is 28.0. The summed E-state index contributed by atoms with van der Waals surface area (Å²) in [5.41, 5.74) is 2.27. The lowest BCUT2D eigenvalue weighted by Gasteiger charge is -1.99. The largest absolute Gasteiger partial charge is 0.234 e. The zero-order valence-electron chi connectivity index (χ0n) is 12.0.